The van der Waals surface area contributed by atoms with Gasteiger partial charge in [-0.2, -0.15) is 0 Å². The molecule has 4 nitrogen and oxygen atoms in total. The zero-order chi connectivity index (χ0) is 17.3. The standard InChI is InChI=1S/C21H30N2O2/c1-2-3-14-24-20-12-10-17(11-13-20)21-23-19(16-25-21)15-22-18-8-6-4-5-7-9-18/h10-13,16,18,22H,2-9,14-15H2,1H3. The molecule has 1 aromatic carbocycles. The van der Waals surface area contributed by atoms with Gasteiger partial charge in [0, 0.05) is 18.2 Å². The van der Waals surface area contributed by atoms with E-state index < -0.39 is 0 Å². The van der Waals surface area contributed by atoms with E-state index in [1.807, 2.05) is 24.3 Å². The van der Waals surface area contributed by atoms with Crippen molar-refractivity contribution in [3.8, 4) is 17.2 Å². The number of nitrogens with one attached hydrogen (secondary N) is 1. The first-order valence-electron chi connectivity index (χ1n) is 9.76. The smallest absolute Gasteiger partial charge is 0.226 e. The number of ether oxygens (including phenoxy) is 1. The fourth-order valence-electron chi connectivity index (χ4n) is 3.28. The van der Waals surface area contributed by atoms with Crippen LogP contribution >= 0.6 is 0 Å². The van der Waals surface area contributed by atoms with E-state index in [-0.39, 0.29) is 0 Å². The summed E-state index contributed by atoms with van der Waals surface area (Å²) >= 11 is 0. The van der Waals surface area contributed by atoms with Crippen molar-refractivity contribution in [3.63, 3.8) is 0 Å². The van der Waals surface area contributed by atoms with Crippen LogP contribution in [-0.4, -0.2) is 17.6 Å². The number of oxazole rings is 1. The third-order valence-electron chi connectivity index (χ3n) is 4.85. The van der Waals surface area contributed by atoms with Crippen LogP contribution in [0.3, 0.4) is 0 Å². The predicted molar refractivity (Wildman–Crippen MR) is 101 cm³/mol. The number of unbranched alkanes of at least 4 members (excludes halogenated alkanes) is 1. The second-order valence-corrected chi connectivity index (χ2v) is 6.94. The lowest BCUT2D eigenvalue weighted by Gasteiger charge is -2.14. The van der Waals surface area contributed by atoms with Gasteiger partial charge in [0.25, 0.3) is 0 Å². The van der Waals surface area contributed by atoms with E-state index in [4.69, 9.17) is 9.15 Å². The molecule has 2 aromatic rings. The van der Waals surface area contributed by atoms with Gasteiger partial charge in [0.15, 0.2) is 0 Å². The van der Waals surface area contributed by atoms with Gasteiger partial charge in [0.2, 0.25) is 5.89 Å². The van der Waals surface area contributed by atoms with E-state index in [1.54, 1.807) is 6.26 Å². The highest BCUT2D eigenvalue weighted by Crippen LogP contribution is 2.23. The maximum absolute atomic E-state index is 5.70. The molecule has 3 rings (SSSR count). The van der Waals surface area contributed by atoms with Gasteiger partial charge in [-0.3, -0.25) is 0 Å². The summed E-state index contributed by atoms with van der Waals surface area (Å²) in [5.41, 5.74) is 1.96. The van der Waals surface area contributed by atoms with Crippen molar-refractivity contribution in [2.24, 2.45) is 0 Å². The number of benzene rings is 1. The Kier molecular flexibility index (Phi) is 6.92. The number of rotatable bonds is 8. The highest BCUT2D eigenvalue weighted by molar-refractivity contribution is 5.54. The van der Waals surface area contributed by atoms with Crippen molar-refractivity contribution < 1.29 is 9.15 Å². The average molecular weight is 342 g/mol. The van der Waals surface area contributed by atoms with Crippen LogP contribution in [0.4, 0.5) is 0 Å². The van der Waals surface area contributed by atoms with Crippen molar-refractivity contribution in [3.05, 3.63) is 36.2 Å². The number of hydrogen-bond donors (Lipinski definition) is 1. The molecule has 136 valence electrons. The minimum atomic E-state index is 0.627. The molecule has 1 N–H and O–H groups in total. The van der Waals surface area contributed by atoms with E-state index in [2.05, 4.69) is 17.2 Å². The van der Waals surface area contributed by atoms with Crippen LogP contribution in [0.5, 0.6) is 5.75 Å². The van der Waals surface area contributed by atoms with Crippen LogP contribution in [0.2, 0.25) is 0 Å². The zero-order valence-corrected chi connectivity index (χ0v) is 15.3. The minimum Gasteiger partial charge on any atom is -0.494 e. The van der Waals surface area contributed by atoms with Gasteiger partial charge < -0.3 is 14.5 Å². The molecule has 0 aliphatic heterocycles. The van der Waals surface area contributed by atoms with Gasteiger partial charge in [0.1, 0.15) is 12.0 Å². The Labute approximate surface area is 151 Å². The van der Waals surface area contributed by atoms with E-state index in [1.165, 1.54) is 38.5 Å². The molecule has 4 heteroatoms. The first-order valence-corrected chi connectivity index (χ1v) is 9.76. The third kappa shape index (κ3) is 5.60. The van der Waals surface area contributed by atoms with Gasteiger partial charge in [-0.25, -0.2) is 4.98 Å². The predicted octanol–water partition coefficient (Wildman–Crippen LogP) is 5.33. The summed E-state index contributed by atoms with van der Waals surface area (Å²) in [5, 5.41) is 3.64. The lowest BCUT2D eigenvalue weighted by molar-refractivity contribution is 0.309. The van der Waals surface area contributed by atoms with Crippen LogP contribution < -0.4 is 10.1 Å². The number of aromatic nitrogens is 1. The van der Waals surface area contributed by atoms with E-state index >= 15 is 0 Å². The summed E-state index contributed by atoms with van der Waals surface area (Å²) in [4.78, 5) is 4.62. The topological polar surface area (TPSA) is 47.3 Å². The van der Waals surface area contributed by atoms with Gasteiger partial charge in [-0.1, -0.05) is 39.0 Å². The summed E-state index contributed by atoms with van der Waals surface area (Å²) in [6.07, 6.45) is 12.0. The van der Waals surface area contributed by atoms with Crippen molar-refractivity contribution in [2.75, 3.05) is 6.61 Å². The van der Waals surface area contributed by atoms with Crippen LogP contribution in [0.1, 0.15) is 64.0 Å². The van der Waals surface area contributed by atoms with E-state index in [0.29, 0.717) is 11.9 Å². The maximum atomic E-state index is 5.70. The SMILES string of the molecule is CCCCOc1ccc(-c2nc(CNC3CCCCCC3)co2)cc1. The summed E-state index contributed by atoms with van der Waals surface area (Å²) in [5.74, 6) is 1.58. The molecule has 0 saturated heterocycles. The molecule has 0 atom stereocenters. The molecule has 1 fully saturated rings. The first-order chi connectivity index (χ1) is 12.3. The second-order valence-electron chi connectivity index (χ2n) is 6.94. The average Bonchev–Trinajstić information content (AvgIpc) is 2.96. The lowest BCUT2D eigenvalue weighted by Crippen LogP contribution is -2.27. The molecule has 1 saturated carbocycles. The Morgan fingerprint density at radius 1 is 1.12 bits per heavy atom. The molecule has 1 aliphatic rings. The minimum absolute atomic E-state index is 0.627. The zero-order valence-electron chi connectivity index (χ0n) is 15.3. The normalized spacial score (nSPS) is 15.9. The van der Waals surface area contributed by atoms with Gasteiger partial charge >= 0.3 is 0 Å². The Morgan fingerprint density at radius 2 is 1.88 bits per heavy atom. The quantitative estimate of drug-likeness (QED) is 0.520. The van der Waals surface area contributed by atoms with E-state index in [0.717, 1.165) is 43.0 Å². The molecule has 0 amide bonds. The fraction of sp³-hybridized carbons (Fsp3) is 0.571. The molecule has 1 aromatic heterocycles. The molecule has 25 heavy (non-hydrogen) atoms. The molecular weight excluding hydrogens is 312 g/mol. The Hall–Kier alpha value is -1.81. The van der Waals surface area contributed by atoms with Gasteiger partial charge in [-0.05, 0) is 43.5 Å². The second kappa shape index (κ2) is 9.62. The highest BCUT2D eigenvalue weighted by Gasteiger charge is 2.13. The molecule has 1 aliphatic carbocycles. The molecule has 0 bridgehead atoms. The Bertz CT molecular complexity index is 613. The summed E-state index contributed by atoms with van der Waals surface area (Å²) < 4.78 is 11.4. The largest absolute Gasteiger partial charge is 0.494 e. The number of hydrogen-bond acceptors (Lipinski definition) is 4. The van der Waals surface area contributed by atoms with E-state index in [9.17, 15) is 0 Å². The summed E-state index contributed by atoms with van der Waals surface area (Å²) in [6, 6.07) is 8.62. The third-order valence-corrected chi connectivity index (χ3v) is 4.85. The Balaban J connectivity index is 1.52. The molecule has 0 spiro atoms. The van der Waals surface area contributed by atoms with Crippen LogP contribution in [-0.2, 0) is 6.54 Å². The van der Waals surface area contributed by atoms with Crippen molar-refractivity contribution in [2.45, 2.75) is 70.9 Å². The fourth-order valence-corrected chi connectivity index (χ4v) is 3.28. The van der Waals surface area contributed by atoms with Crippen molar-refractivity contribution in [1.82, 2.24) is 10.3 Å². The number of nitrogens with zero attached hydrogens (tertiary/aromatic N) is 1. The van der Waals surface area contributed by atoms with Gasteiger partial charge in [0.05, 0.1) is 12.3 Å². The molecule has 0 radical (unpaired) electrons. The van der Waals surface area contributed by atoms with Gasteiger partial charge in [-0.15, -0.1) is 0 Å². The Morgan fingerprint density at radius 3 is 2.60 bits per heavy atom. The monoisotopic (exact) mass is 342 g/mol. The first kappa shape index (κ1) is 18.0. The highest BCUT2D eigenvalue weighted by atomic mass is 16.5. The van der Waals surface area contributed by atoms with Crippen LogP contribution in [0, 0.1) is 0 Å². The maximum Gasteiger partial charge on any atom is 0.226 e. The molecular formula is C21H30N2O2. The van der Waals surface area contributed by atoms with Crippen molar-refractivity contribution >= 4 is 0 Å². The van der Waals surface area contributed by atoms with Crippen LogP contribution in [0.25, 0.3) is 11.5 Å². The summed E-state index contributed by atoms with van der Waals surface area (Å²) in [7, 11) is 0. The molecule has 1 heterocycles. The lowest BCUT2D eigenvalue weighted by atomic mass is 10.1. The molecule has 0 unspecified atom stereocenters. The summed E-state index contributed by atoms with van der Waals surface area (Å²) in [6.45, 7) is 3.72. The van der Waals surface area contributed by atoms with Crippen molar-refractivity contribution in [1.29, 1.82) is 0 Å². The van der Waals surface area contributed by atoms with Crippen LogP contribution in [0.15, 0.2) is 34.9 Å².